The van der Waals surface area contributed by atoms with Crippen LogP contribution in [-0.2, 0) is 0 Å². The molecular weight excluding hydrogens is 262 g/mol. The Hall–Kier alpha value is -2.18. The highest BCUT2D eigenvalue weighted by Gasteiger charge is 2.23. The van der Waals surface area contributed by atoms with Gasteiger partial charge >= 0.3 is 11.7 Å². The third-order valence-electron chi connectivity index (χ3n) is 3.34. The third kappa shape index (κ3) is 3.91. The minimum Gasteiger partial charge on any atom is -0.477 e. The number of nitro groups is 1. The van der Waals surface area contributed by atoms with Gasteiger partial charge in [-0.2, -0.15) is 0 Å². The Morgan fingerprint density at radius 1 is 1.50 bits per heavy atom. The molecular formula is C13H19N3O4. The number of aromatic carboxylic acids is 1. The molecule has 110 valence electrons. The summed E-state index contributed by atoms with van der Waals surface area (Å²) in [6.07, 6.45) is 0. The molecule has 1 aromatic heterocycles. The lowest BCUT2D eigenvalue weighted by atomic mass is 9.82. The number of aromatic nitrogens is 1. The summed E-state index contributed by atoms with van der Waals surface area (Å²) < 4.78 is 0. The lowest BCUT2D eigenvalue weighted by molar-refractivity contribution is -0.384. The van der Waals surface area contributed by atoms with Crippen molar-refractivity contribution in [1.29, 1.82) is 0 Å². The molecule has 0 spiro atoms. The van der Waals surface area contributed by atoms with Crippen molar-refractivity contribution in [3.63, 3.8) is 0 Å². The van der Waals surface area contributed by atoms with Crippen molar-refractivity contribution in [2.24, 2.45) is 11.3 Å². The molecule has 0 aliphatic rings. The van der Waals surface area contributed by atoms with Gasteiger partial charge in [-0.3, -0.25) is 10.1 Å². The van der Waals surface area contributed by atoms with Gasteiger partial charge < -0.3 is 10.4 Å². The summed E-state index contributed by atoms with van der Waals surface area (Å²) in [5.41, 5.74) is -0.413. The van der Waals surface area contributed by atoms with Crippen LogP contribution in [0, 0.1) is 21.4 Å². The van der Waals surface area contributed by atoms with Gasteiger partial charge in [-0.25, -0.2) is 9.78 Å². The SMILES string of the molecule is CC(CNc1nc(C(=O)O)ccc1[N+](=O)[O-])C(C)(C)C. The lowest BCUT2D eigenvalue weighted by Gasteiger charge is -2.27. The van der Waals surface area contributed by atoms with Gasteiger partial charge in [-0.1, -0.05) is 27.7 Å². The van der Waals surface area contributed by atoms with Gasteiger partial charge in [0, 0.05) is 12.6 Å². The van der Waals surface area contributed by atoms with Gasteiger partial charge in [0.2, 0.25) is 5.82 Å². The Bertz CT molecular complexity index is 523. The topological polar surface area (TPSA) is 105 Å². The van der Waals surface area contributed by atoms with Crippen molar-refractivity contribution in [3.05, 3.63) is 27.9 Å². The molecule has 0 bridgehead atoms. The van der Waals surface area contributed by atoms with E-state index >= 15 is 0 Å². The molecule has 0 aliphatic heterocycles. The second-order valence-corrected chi connectivity index (χ2v) is 5.77. The van der Waals surface area contributed by atoms with E-state index < -0.39 is 10.9 Å². The molecule has 1 aromatic rings. The number of nitrogens with one attached hydrogen (secondary N) is 1. The predicted octanol–water partition coefficient (Wildman–Crippen LogP) is 2.78. The molecule has 0 amide bonds. The van der Waals surface area contributed by atoms with Crippen LogP contribution in [-0.4, -0.2) is 27.5 Å². The van der Waals surface area contributed by atoms with E-state index in [1.54, 1.807) is 0 Å². The van der Waals surface area contributed by atoms with Crippen LogP contribution in [0.2, 0.25) is 0 Å². The molecule has 1 rings (SSSR count). The van der Waals surface area contributed by atoms with Crippen LogP contribution < -0.4 is 5.32 Å². The molecule has 0 fully saturated rings. The van der Waals surface area contributed by atoms with Crippen LogP contribution >= 0.6 is 0 Å². The number of rotatable bonds is 5. The Morgan fingerprint density at radius 3 is 2.55 bits per heavy atom. The van der Waals surface area contributed by atoms with Crippen LogP contribution in [0.15, 0.2) is 12.1 Å². The fraction of sp³-hybridized carbons (Fsp3) is 0.538. The first kappa shape index (κ1) is 15.9. The largest absolute Gasteiger partial charge is 0.477 e. The molecule has 1 atom stereocenters. The number of hydrogen-bond acceptors (Lipinski definition) is 5. The highest BCUT2D eigenvalue weighted by Crippen LogP contribution is 2.27. The summed E-state index contributed by atoms with van der Waals surface area (Å²) in [6, 6.07) is 2.28. The van der Waals surface area contributed by atoms with Crippen molar-refractivity contribution < 1.29 is 14.8 Å². The highest BCUT2D eigenvalue weighted by molar-refractivity contribution is 5.86. The summed E-state index contributed by atoms with van der Waals surface area (Å²) in [6.45, 7) is 8.68. The molecule has 2 N–H and O–H groups in total. The van der Waals surface area contributed by atoms with E-state index in [4.69, 9.17) is 5.11 Å². The van der Waals surface area contributed by atoms with E-state index in [9.17, 15) is 14.9 Å². The van der Waals surface area contributed by atoms with E-state index in [0.717, 1.165) is 12.1 Å². The van der Waals surface area contributed by atoms with E-state index in [-0.39, 0.29) is 28.5 Å². The molecule has 1 heterocycles. The number of carboxylic acid groups (broad SMARTS) is 1. The zero-order valence-corrected chi connectivity index (χ0v) is 12.0. The molecule has 0 saturated carbocycles. The Labute approximate surface area is 117 Å². The average Bonchev–Trinajstić information content (AvgIpc) is 2.33. The van der Waals surface area contributed by atoms with Crippen LogP contribution in [0.5, 0.6) is 0 Å². The normalized spacial score (nSPS) is 12.8. The van der Waals surface area contributed by atoms with Crippen molar-refractivity contribution in [3.8, 4) is 0 Å². The summed E-state index contributed by atoms with van der Waals surface area (Å²) in [7, 11) is 0. The first-order valence-electron chi connectivity index (χ1n) is 6.25. The lowest BCUT2D eigenvalue weighted by Crippen LogP contribution is -2.25. The van der Waals surface area contributed by atoms with Crippen molar-refractivity contribution in [2.45, 2.75) is 27.7 Å². The minimum absolute atomic E-state index is 0.00833. The fourth-order valence-electron chi connectivity index (χ4n) is 1.40. The smallest absolute Gasteiger partial charge is 0.354 e. The first-order valence-corrected chi connectivity index (χ1v) is 6.25. The van der Waals surface area contributed by atoms with Gasteiger partial charge in [0.1, 0.15) is 0 Å². The second-order valence-electron chi connectivity index (χ2n) is 5.77. The van der Waals surface area contributed by atoms with Crippen LogP contribution in [0.1, 0.15) is 38.2 Å². The number of carbonyl (C=O) groups is 1. The number of hydrogen-bond donors (Lipinski definition) is 2. The molecule has 1 unspecified atom stereocenters. The van der Waals surface area contributed by atoms with E-state index in [1.807, 2.05) is 6.92 Å². The van der Waals surface area contributed by atoms with Gasteiger partial charge in [0.05, 0.1) is 4.92 Å². The van der Waals surface area contributed by atoms with Crippen LogP contribution in [0.4, 0.5) is 11.5 Å². The molecule has 7 nitrogen and oxygen atoms in total. The highest BCUT2D eigenvalue weighted by atomic mass is 16.6. The maximum absolute atomic E-state index is 10.9. The first-order chi connectivity index (χ1) is 9.12. The maximum atomic E-state index is 10.9. The summed E-state index contributed by atoms with van der Waals surface area (Å²) >= 11 is 0. The van der Waals surface area contributed by atoms with Gasteiger partial charge in [0.15, 0.2) is 5.69 Å². The number of carboxylic acids is 1. The Balaban J connectivity index is 2.99. The molecule has 0 aromatic carbocycles. The van der Waals surface area contributed by atoms with E-state index in [0.29, 0.717) is 6.54 Å². The zero-order valence-electron chi connectivity index (χ0n) is 12.0. The minimum atomic E-state index is -1.22. The van der Waals surface area contributed by atoms with Crippen LogP contribution in [0.25, 0.3) is 0 Å². The average molecular weight is 281 g/mol. The number of nitrogens with zero attached hydrogens (tertiary/aromatic N) is 2. The van der Waals surface area contributed by atoms with Crippen molar-refractivity contribution in [2.75, 3.05) is 11.9 Å². The van der Waals surface area contributed by atoms with Crippen molar-refractivity contribution in [1.82, 2.24) is 4.98 Å². The Kier molecular flexibility index (Phi) is 4.65. The standard InChI is InChI=1S/C13H19N3O4/c1-8(13(2,3)4)7-14-11-10(16(19)20)6-5-9(15-11)12(17)18/h5-6,8H,7H2,1-4H3,(H,14,15)(H,17,18). The summed E-state index contributed by atoms with van der Waals surface area (Å²) in [5.74, 6) is -0.991. The quantitative estimate of drug-likeness (QED) is 0.635. The number of anilines is 1. The molecule has 20 heavy (non-hydrogen) atoms. The van der Waals surface area contributed by atoms with E-state index in [1.165, 1.54) is 0 Å². The summed E-state index contributed by atoms with van der Waals surface area (Å²) in [4.78, 5) is 25.0. The van der Waals surface area contributed by atoms with Gasteiger partial charge in [0.25, 0.3) is 0 Å². The molecule has 0 saturated heterocycles. The summed E-state index contributed by atoms with van der Waals surface area (Å²) in [5, 5.41) is 22.7. The zero-order chi connectivity index (χ0) is 15.5. The fourth-order valence-corrected chi connectivity index (χ4v) is 1.40. The van der Waals surface area contributed by atoms with Gasteiger partial charge in [-0.05, 0) is 17.4 Å². The van der Waals surface area contributed by atoms with Crippen LogP contribution in [0.3, 0.4) is 0 Å². The predicted molar refractivity (Wildman–Crippen MR) is 75.0 cm³/mol. The van der Waals surface area contributed by atoms with Crippen molar-refractivity contribution >= 4 is 17.5 Å². The second kappa shape index (κ2) is 5.85. The maximum Gasteiger partial charge on any atom is 0.354 e. The molecule has 0 aliphatic carbocycles. The monoisotopic (exact) mass is 281 g/mol. The molecule has 7 heteroatoms. The Morgan fingerprint density at radius 2 is 2.10 bits per heavy atom. The van der Waals surface area contributed by atoms with Gasteiger partial charge in [-0.15, -0.1) is 0 Å². The van der Waals surface area contributed by atoms with E-state index in [2.05, 4.69) is 31.1 Å². The third-order valence-corrected chi connectivity index (χ3v) is 3.34. The number of pyridine rings is 1. The molecule has 0 radical (unpaired) electrons.